The average molecular weight is 293 g/mol. The van der Waals surface area contributed by atoms with E-state index in [0.717, 1.165) is 17.7 Å². The van der Waals surface area contributed by atoms with E-state index in [9.17, 15) is 13.2 Å². The molecule has 3 rings (SSSR count). The van der Waals surface area contributed by atoms with Gasteiger partial charge in [-0.25, -0.2) is 0 Å². The van der Waals surface area contributed by atoms with Crippen LogP contribution in [0.5, 0.6) is 5.75 Å². The summed E-state index contributed by atoms with van der Waals surface area (Å²) in [6, 6.07) is 14.1. The first-order valence-corrected chi connectivity index (χ1v) is 6.68. The molecule has 1 heterocycles. The van der Waals surface area contributed by atoms with Crippen molar-refractivity contribution in [2.24, 2.45) is 0 Å². The van der Waals surface area contributed by atoms with Crippen LogP contribution in [0, 0.1) is 0 Å². The Hall–Kier alpha value is -2.01. The average Bonchev–Trinajstić information content (AvgIpc) is 2.46. The molecule has 2 nitrogen and oxygen atoms in total. The number of ether oxygens (including phenoxy) is 1. The third-order valence-electron chi connectivity index (χ3n) is 3.61. The van der Waals surface area contributed by atoms with Crippen LogP contribution in [0.3, 0.4) is 0 Å². The first-order valence-electron chi connectivity index (χ1n) is 6.68. The predicted octanol–water partition coefficient (Wildman–Crippen LogP) is 3.82. The van der Waals surface area contributed by atoms with Gasteiger partial charge in [-0.1, -0.05) is 42.5 Å². The second-order valence-corrected chi connectivity index (χ2v) is 4.97. The SMILES string of the molecule is FC(F)(F)Oc1ccccc1C1CNCc2ccccc21. The zero-order chi connectivity index (χ0) is 14.9. The lowest BCUT2D eigenvalue weighted by molar-refractivity contribution is -0.274. The lowest BCUT2D eigenvalue weighted by Gasteiger charge is -2.28. The Kier molecular flexibility index (Phi) is 3.59. The van der Waals surface area contributed by atoms with E-state index in [-0.39, 0.29) is 11.7 Å². The van der Waals surface area contributed by atoms with Gasteiger partial charge < -0.3 is 10.1 Å². The number of rotatable bonds is 2. The van der Waals surface area contributed by atoms with Crippen molar-refractivity contribution in [2.45, 2.75) is 18.8 Å². The van der Waals surface area contributed by atoms with Gasteiger partial charge in [0.25, 0.3) is 0 Å². The number of halogens is 3. The summed E-state index contributed by atoms with van der Waals surface area (Å²) in [6.07, 6.45) is -4.68. The Balaban J connectivity index is 2.02. The molecule has 1 atom stereocenters. The van der Waals surface area contributed by atoms with Gasteiger partial charge in [-0.05, 0) is 17.2 Å². The molecule has 21 heavy (non-hydrogen) atoms. The lowest BCUT2D eigenvalue weighted by Crippen LogP contribution is -2.29. The van der Waals surface area contributed by atoms with Crippen LogP contribution in [0.1, 0.15) is 22.6 Å². The molecule has 5 heteroatoms. The Bertz CT molecular complexity index is 639. The summed E-state index contributed by atoms with van der Waals surface area (Å²) in [6.45, 7) is 1.32. The van der Waals surface area contributed by atoms with E-state index in [4.69, 9.17) is 0 Å². The van der Waals surface area contributed by atoms with Crippen LogP contribution in [0.2, 0.25) is 0 Å². The molecule has 0 bridgehead atoms. The Morgan fingerprint density at radius 3 is 2.38 bits per heavy atom. The van der Waals surface area contributed by atoms with Crippen molar-refractivity contribution in [1.29, 1.82) is 0 Å². The summed E-state index contributed by atoms with van der Waals surface area (Å²) in [5.41, 5.74) is 2.71. The third kappa shape index (κ3) is 3.03. The minimum Gasteiger partial charge on any atom is -0.405 e. The monoisotopic (exact) mass is 293 g/mol. The van der Waals surface area contributed by atoms with Gasteiger partial charge in [0.15, 0.2) is 0 Å². The van der Waals surface area contributed by atoms with Gasteiger partial charge in [0.05, 0.1) is 0 Å². The fourth-order valence-electron chi connectivity index (χ4n) is 2.76. The van der Waals surface area contributed by atoms with Gasteiger partial charge in [0.1, 0.15) is 5.75 Å². The highest BCUT2D eigenvalue weighted by atomic mass is 19.4. The number of fused-ring (bicyclic) bond motifs is 1. The summed E-state index contributed by atoms with van der Waals surface area (Å²) >= 11 is 0. The molecule has 0 saturated heterocycles. The Morgan fingerprint density at radius 1 is 0.952 bits per heavy atom. The molecule has 2 aromatic rings. The summed E-state index contributed by atoms with van der Waals surface area (Å²) in [5.74, 6) is -0.276. The molecule has 0 radical (unpaired) electrons. The standard InChI is InChI=1S/C16H14F3NO/c17-16(18,19)21-15-8-4-3-7-13(15)14-10-20-9-11-5-1-2-6-12(11)14/h1-8,14,20H,9-10H2. The Labute approximate surface area is 120 Å². The van der Waals surface area contributed by atoms with Crippen LogP contribution in [0.15, 0.2) is 48.5 Å². The summed E-state index contributed by atoms with van der Waals surface area (Å²) in [5, 5.41) is 3.24. The van der Waals surface area contributed by atoms with E-state index in [1.165, 1.54) is 6.07 Å². The topological polar surface area (TPSA) is 21.3 Å². The quantitative estimate of drug-likeness (QED) is 0.909. The molecule has 0 aromatic heterocycles. The lowest BCUT2D eigenvalue weighted by atomic mass is 9.85. The fourth-order valence-corrected chi connectivity index (χ4v) is 2.76. The van der Waals surface area contributed by atoms with Crippen molar-refractivity contribution in [2.75, 3.05) is 6.54 Å². The molecule has 0 amide bonds. The number of alkyl halides is 3. The van der Waals surface area contributed by atoms with Crippen LogP contribution in [0.4, 0.5) is 13.2 Å². The number of nitrogens with one attached hydrogen (secondary N) is 1. The van der Waals surface area contributed by atoms with E-state index in [1.54, 1.807) is 18.2 Å². The van der Waals surface area contributed by atoms with Crippen molar-refractivity contribution in [3.05, 3.63) is 65.2 Å². The highest BCUT2D eigenvalue weighted by molar-refractivity contribution is 5.46. The highest BCUT2D eigenvalue weighted by Crippen LogP contribution is 2.37. The molecule has 110 valence electrons. The van der Waals surface area contributed by atoms with Crippen molar-refractivity contribution in [1.82, 2.24) is 5.32 Å². The molecule has 0 spiro atoms. The van der Waals surface area contributed by atoms with Crippen molar-refractivity contribution < 1.29 is 17.9 Å². The molecule has 1 aliphatic heterocycles. The van der Waals surface area contributed by atoms with E-state index in [0.29, 0.717) is 12.1 Å². The van der Waals surface area contributed by atoms with E-state index in [2.05, 4.69) is 10.1 Å². The van der Waals surface area contributed by atoms with Crippen LogP contribution < -0.4 is 10.1 Å². The van der Waals surface area contributed by atoms with Gasteiger partial charge in [0.2, 0.25) is 0 Å². The first-order chi connectivity index (χ1) is 10.0. The van der Waals surface area contributed by atoms with Gasteiger partial charge in [-0.2, -0.15) is 0 Å². The smallest absolute Gasteiger partial charge is 0.405 e. The molecular weight excluding hydrogens is 279 g/mol. The summed E-state index contributed by atoms with van der Waals surface area (Å²) in [4.78, 5) is 0. The van der Waals surface area contributed by atoms with E-state index < -0.39 is 6.36 Å². The number of hydrogen-bond donors (Lipinski definition) is 1. The molecule has 1 aliphatic rings. The van der Waals surface area contributed by atoms with Gasteiger partial charge in [-0.15, -0.1) is 13.2 Å². The fraction of sp³-hybridized carbons (Fsp3) is 0.250. The summed E-state index contributed by atoms with van der Waals surface area (Å²) < 4.78 is 41.8. The molecule has 0 fully saturated rings. The molecule has 0 saturated carbocycles. The zero-order valence-electron chi connectivity index (χ0n) is 11.2. The zero-order valence-corrected chi connectivity index (χ0v) is 11.2. The highest BCUT2D eigenvalue weighted by Gasteiger charge is 2.33. The summed E-state index contributed by atoms with van der Waals surface area (Å²) in [7, 11) is 0. The van der Waals surface area contributed by atoms with E-state index >= 15 is 0 Å². The second-order valence-electron chi connectivity index (χ2n) is 4.97. The van der Waals surface area contributed by atoms with Crippen molar-refractivity contribution in [3.63, 3.8) is 0 Å². The van der Waals surface area contributed by atoms with Gasteiger partial charge >= 0.3 is 6.36 Å². The van der Waals surface area contributed by atoms with Crippen molar-refractivity contribution >= 4 is 0 Å². The second kappa shape index (κ2) is 5.41. The number of para-hydroxylation sites is 1. The molecule has 2 aromatic carbocycles. The third-order valence-corrected chi connectivity index (χ3v) is 3.61. The predicted molar refractivity (Wildman–Crippen MR) is 73.1 cm³/mol. The first kappa shape index (κ1) is 13.9. The molecular formula is C16H14F3NO. The van der Waals surface area contributed by atoms with Crippen LogP contribution in [-0.2, 0) is 6.54 Å². The van der Waals surface area contributed by atoms with Crippen molar-refractivity contribution in [3.8, 4) is 5.75 Å². The van der Waals surface area contributed by atoms with Gasteiger partial charge in [-0.3, -0.25) is 0 Å². The molecule has 1 N–H and O–H groups in total. The van der Waals surface area contributed by atoms with Crippen LogP contribution >= 0.6 is 0 Å². The minimum atomic E-state index is -4.68. The Morgan fingerprint density at radius 2 is 1.62 bits per heavy atom. The maximum atomic E-state index is 12.5. The largest absolute Gasteiger partial charge is 0.573 e. The number of hydrogen-bond acceptors (Lipinski definition) is 2. The number of benzene rings is 2. The van der Waals surface area contributed by atoms with Crippen LogP contribution in [-0.4, -0.2) is 12.9 Å². The van der Waals surface area contributed by atoms with E-state index in [1.807, 2.05) is 24.3 Å². The minimum absolute atomic E-state index is 0.131. The van der Waals surface area contributed by atoms with Gasteiger partial charge in [0, 0.05) is 24.6 Å². The maximum absolute atomic E-state index is 12.5. The van der Waals surface area contributed by atoms with Crippen LogP contribution in [0.25, 0.3) is 0 Å². The molecule has 0 aliphatic carbocycles. The normalized spacial score (nSPS) is 18.1. The molecule has 1 unspecified atom stereocenters. The maximum Gasteiger partial charge on any atom is 0.573 e.